The maximum absolute atomic E-state index is 8.97. The van der Waals surface area contributed by atoms with Crippen LogP contribution in [0.4, 0.5) is 0 Å². The van der Waals surface area contributed by atoms with Gasteiger partial charge in [-0.1, -0.05) is 18.2 Å². The summed E-state index contributed by atoms with van der Waals surface area (Å²) in [7, 11) is 0. The molecule has 1 aliphatic rings. The molecule has 2 aromatic rings. The van der Waals surface area contributed by atoms with Crippen molar-refractivity contribution < 1.29 is 5.11 Å². The van der Waals surface area contributed by atoms with Crippen molar-refractivity contribution in [3.63, 3.8) is 0 Å². The van der Waals surface area contributed by atoms with Gasteiger partial charge in [-0.2, -0.15) is 10.4 Å². The zero-order chi connectivity index (χ0) is 16.1. The zero-order valence-corrected chi connectivity index (χ0v) is 13.0. The van der Waals surface area contributed by atoms with Crippen molar-refractivity contribution >= 4 is 5.57 Å². The quantitative estimate of drug-likeness (QED) is 0.918. The molecule has 0 saturated carbocycles. The molecule has 0 atom stereocenters. The van der Waals surface area contributed by atoms with Gasteiger partial charge >= 0.3 is 0 Å². The van der Waals surface area contributed by atoms with Crippen molar-refractivity contribution in [2.24, 2.45) is 0 Å². The molecule has 0 unspecified atom stereocenters. The molecular formula is C18H20N4O. The van der Waals surface area contributed by atoms with E-state index in [0.717, 1.165) is 31.6 Å². The molecule has 5 nitrogen and oxygen atoms in total. The standard InChI is InChI=1S/C18H20N4O/c19-11-15-2-1-3-16(10-15)13-21-6-4-17(5-7-21)18-12-20-22(14-18)8-9-23/h1-4,10,12,14,23H,5-9,13H2. The maximum atomic E-state index is 8.97. The zero-order valence-electron chi connectivity index (χ0n) is 13.0. The monoisotopic (exact) mass is 308 g/mol. The van der Waals surface area contributed by atoms with E-state index in [2.05, 4.69) is 28.2 Å². The van der Waals surface area contributed by atoms with E-state index in [-0.39, 0.29) is 6.61 Å². The molecule has 118 valence electrons. The topological polar surface area (TPSA) is 65.1 Å². The first-order chi connectivity index (χ1) is 11.3. The Labute approximate surface area is 136 Å². The van der Waals surface area contributed by atoms with Crippen LogP contribution in [0.2, 0.25) is 0 Å². The van der Waals surface area contributed by atoms with Crippen LogP contribution in [0.3, 0.4) is 0 Å². The molecule has 23 heavy (non-hydrogen) atoms. The van der Waals surface area contributed by atoms with Gasteiger partial charge in [0.15, 0.2) is 0 Å². The minimum Gasteiger partial charge on any atom is -0.394 e. The Balaban J connectivity index is 1.62. The lowest BCUT2D eigenvalue weighted by Crippen LogP contribution is -2.28. The number of nitriles is 1. The van der Waals surface area contributed by atoms with E-state index < -0.39 is 0 Å². The highest BCUT2D eigenvalue weighted by Crippen LogP contribution is 2.22. The SMILES string of the molecule is N#Cc1cccc(CN2CC=C(c3cnn(CCO)c3)CC2)c1. The number of aromatic nitrogens is 2. The molecule has 1 aliphatic heterocycles. The van der Waals surface area contributed by atoms with Crippen molar-refractivity contribution in [1.82, 2.24) is 14.7 Å². The van der Waals surface area contributed by atoms with Gasteiger partial charge in [-0.05, 0) is 29.7 Å². The van der Waals surface area contributed by atoms with E-state index >= 15 is 0 Å². The van der Waals surface area contributed by atoms with Gasteiger partial charge in [0.05, 0.1) is 31.0 Å². The summed E-state index contributed by atoms with van der Waals surface area (Å²) in [5.41, 5.74) is 4.35. The normalized spacial score (nSPS) is 15.2. The summed E-state index contributed by atoms with van der Waals surface area (Å²) >= 11 is 0. The molecule has 0 bridgehead atoms. The number of benzene rings is 1. The summed E-state index contributed by atoms with van der Waals surface area (Å²) in [4.78, 5) is 2.37. The van der Waals surface area contributed by atoms with Gasteiger partial charge in [0.2, 0.25) is 0 Å². The first-order valence-electron chi connectivity index (χ1n) is 7.82. The highest BCUT2D eigenvalue weighted by atomic mass is 16.3. The fourth-order valence-corrected chi connectivity index (χ4v) is 2.87. The van der Waals surface area contributed by atoms with Gasteiger partial charge < -0.3 is 5.11 Å². The Morgan fingerprint density at radius 3 is 3.00 bits per heavy atom. The minimum absolute atomic E-state index is 0.107. The highest BCUT2D eigenvalue weighted by Gasteiger charge is 2.14. The molecule has 1 aromatic heterocycles. The van der Waals surface area contributed by atoms with E-state index in [1.807, 2.05) is 30.6 Å². The summed E-state index contributed by atoms with van der Waals surface area (Å²) in [6.07, 6.45) is 7.10. The summed E-state index contributed by atoms with van der Waals surface area (Å²) in [5.74, 6) is 0. The van der Waals surface area contributed by atoms with Crippen molar-refractivity contribution in [1.29, 1.82) is 5.26 Å². The predicted molar refractivity (Wildman–Crippen MR) is 88.3 cm³/mol. The van der Waals surface area contributed by atoms with Crippen LogP contribution in [-0.2, 0) is 13.1 Å². The van der Waals surface area contributed by atoms with Crippen LogP contribution in [0.25, 0.3) is 5.57 Å². The predicted octanol–water partition coefficient (Wildman–Crippen LogP) is 2.04. The third-order valence-electron chi connectivity index (χ3n) is 4.09. The molecule has 0 saturated heterocycles. The van der Waals surface area contributed by atoms with Gasteiger partial charge in [-0.25, -0.2) is 0 Å². The number of rotatable bonds is 5. The lowest BCUT2D eigenvalue weighted by atomic mass is 10.0. The second-order valence-corrected chi connectivity index (χ2v) is 5.74. The van der Waals surface area contributed by atoms with Gasteiger partial charge in [-0.3, -0.25) is 9.58 Å². The van der Waals surface area contributed by atoms with Crippen molar-refractivity contribution in [3.8, 4) is 6.07 Å². The summed E-state index contributed by atoms with van der Waals surface area (Å²) in [6, 6.07) is 9.99. The molecule has 1 aromatic carbocycles. The molecule has 0 spiro atoms. The lowest BCUT2D eigenvalue weighted by molar-refractivity contribution is 0.269. The first-order valence-corrected chi connectivity index (χ1v) is 7.82. The number of aliphatic hydroxyl groups excluding tert-OH is 1. The third kappa shape index (κ3) is 3.86. The first kappa shape index (κ1) is 15.5. The van der Waals surface area contributed by atoms with E-state index in [9.17, 15) is 0 Å². The van der Waals surface area contributed by atoms with Gasteiger partial charge in [0, 0.05) is 31.4 Å². The van der Waals surface area contributed by atoms with E-state index in [0.29, 0.717) is 12.1 Å². The van der Waals surface area contributed by atoms with Gasteiger partial charge in [-0.15, -0.1) is 0 Å². The fourth-order valence-electron chi connectivity index (χ4n) is 2.87. The largest absolute Gasteiger partial charge is 0.394 e. The van der Waals surface area contributed by atoms with E-state index in [1.165, 1.54) is 11.1 Å². The molecule has 0 fully saturated rings. The Morgan fingerprint density at radius 2 is 2.26 bits per heavy atom. The van der Waals surface area contributed by atoms with Crippen LogP contribution < -0.4 is 0 Å². The smallest absolute Gasteiger partial charge is 0.0991 e. The van der Waals surface area contributed by atoms with E-state index in [1.54, 1.807) is 4.68 Å². The van der Waals surface area contributed by atoms with Crippen molar-refractivity contribution in [3.05, 3.63) is 59.4 Å². The van der Waals surface area contributed by atoms with Crippen LogP contribution in [0.15, 0.2) is 42.7 Å². The lowest BCUT2D eigenvalue weighted by Gasteiger charge is -2.26. The van der Waals surface area contributed by atoms with E-state index in [4.69, 9.17) is 10.4 Å². The maximum Gasteiger partial charge on any atom is 0.0991 e. The van der Waals surface area contributed by atoms with Crippen LogP contribution in [0.5, 0.6) is 0 Å². The second kappa shape index (κ2) is 7.23. The Hall–Kier alpha value is -2.42. The Morgan fingerprint density at radius 1 is 1.35 bits per heavy atom. The average Bonchev–Trinajstić information content (AvgIpc) is 3.05. The molecule has 2 heterocycles. The fraction of sp³-hybridized carbons (Fsp3) is 0.333. The molecule has 5 heteroatoms. The van der Waals surface area contributed by atoms with Gasteiger partial charge in [0.1, 0.15) is 0 Å². The molecular weight excluding hydrogens is 288 g/mol. The van der Waals surface area contributed by atoms with Crippen LogP contribution >= 0.6 is 0 Å². The number of hydrogen-bond donors (Lipinski definition) is 1. The van der Waals surface area contributed by atoms with Gasteiger partial charge in [0.25, 0.3) is 0 Å². The average molecular weight is 308 g/mol. The number of hydrogen-bond acceptors (Lipinski definition) is 4. The van der Waals surface area contributed by atoms with Crippen molar-refractivity contribution in [2.45, 2.75) is 19.5 Å². The second-order valence-electron chi connectivity index (χ2n) is 5.74. The number of aliphatic hydroxyl groups is 1. The molecule has 3 rings (SSSR count). The summed E-state index contributed by atoms with van der Waals surface area (Å²) < 4.78 is 1.77. The summed E-state index contributed by atoms with van der Waals surface area (Å²) in [6.45, 7) is 3.40. The van der Waals surface area contributed by atoms with Crippen LogP contribution in [0.1, 0.15) is 23.1 Å². The molecule has 0 amide bonds. The number of nitrogens with zero attached hydrogens (tertiary/aromatic N) is 4. The third-order valence-corrected chi connectivity index (χ3v) is 4.09. The summed E-state index contributed by atoms with van der Waals surface area (Å²) in [5, 5.41) is 22.2. The van der Waals surface area contributed by atoms with Crippen molar-refractivity contribution in [2.75, 3.05) is 19.7 Å². The minimum atomic E-state index is 0.107. The Kier molecular flexibility index (Phi) is 4.86. The molecule has 1 N–H and O–H groups in total. The van der Waals surface area contributed by atoms with Crippen LogP contribution in [0, 0.1) is 11.3 Å². The molecule has 0 aliphatic carbocycles. The highest BCUT2D eigenvalue weighted by molar-refractivity contribution is 5.65. The van der Waals surface area contributed by atoms with Crippen LogP contribution in [-0.4, -0.2) is 39.5 Å². The molecule has 0 radical (unpaired) electrons. The Bertz CT molecular complexity index is 741.